The van der Waals surface area contributed by atoms with Gasteiger partial charge in [0.2, 0.25) is 5.91 Å². The Kier molecular flexibility index (Phi) is 5.25. The normalized spacial score (nSPS) is 25.1. The second-order valence-electron chi connectivity index (χ2n) is 4.32. The van der Waals surface area contributed by atoms with E-state index in [-0.39, 0.29) is 18.6 Å². The number of carboxylic acids is 1. The summed E-state index contributed by atoms with van der Waals surface area (Å²) in [6, 6.07) is 0.217. The molecule has 1 aliphatic carbocycles. The third kappa shape index (κ3) is 4.61. The molecular formula is C11H19NO4. The Hall–Kier alpha value is -1.10. The minimum atomic E-state index is -1.06. The van der Waals surface area contributed by atoms with Gasteiger partial charge in [0, 0.05) is 6.04 Å². The highest BCUT2D eigenvalue weighted by atomic mass is 16.5. The molecule has 16 heavy (non-hydrogen) atoms. The van der Waals surface area contributed by atoms with Gasteiger partial charge in [0.15, 0.2) is 0 Å². The van der Waals surface area contributed by atoms with Gasteiger partial charge in [0.1, 0.15) is 13.2 Å². The van der Waals surface area contributed by atoms with Crippen LogP contribution in [0.5, 0.6) is 0 Å². The molecule has 1 aliphatic rings. The first kappa shape index (κ1) is 13.0. The zero-order valence-electron chi connectivity index (χ0n) is 9.57. The van der Waals surface area contributed by atoms with Crippen LogP contribution in [0, 0.1) is 5.92 Å². The predicted octanol–water partition coefficient (Wildman–Crippen LogP) is 0.782. The second kappa shape index (κ2) is 6.48. The molecule has 1 amide bonds. The lowest BCUT2D eigenvalue weighted by Gasteiger charge is -2.29. The number of amides is 1. The smallest absolute Gasteiger partial charge is 0.329 e. The van der Waals surface area contributed by atoms with Gasteiger partial charge in [0.05, 0.1) is 0 Å². The summed E-state index contributed by atoms with van der Waals surface area (Å²) in [5.41, 5.74) is 0. The molecule has 0 saturated heterocycles. The monoisotopic (exact) mass is 229 g/mol. The lowest BCUT2D eigenvalue weighted by Crippen LogP contribution is -2.42. The summed E-state index contributed by atoms with van der Waals surface area (Å²) in [5.74, 6) is -0.781. The van der Waals surface area contributed by atoms with E-state index < -0.39 is 12.6 Å². The zero-order chi connectivity index (χ0) is 12.0. The number of rotatable bonds is 5. The molecule has 92 valence electrons. The molecule has 5 heteroatoms. The number of aliphatic carboxylic acids is 1. The quantitative estimate of drug-likeness (QED) is 0.730. The molecule has 2 N–H and O–H groups in total. The van der Waals surface area contributed by atoms with Crippen molar-refractivity contribution in [2.24, 2.45) is 5.92 Å². The molecule has 1 saturated carbocycles. The van der Waals surface area contributed by atoms with Crippen LogP contribution in [0.25, 0.3) is 0 Å². The van der Waals surface area contributed by atoms with E-state index in [0.717, 1.165) is 19.3 Å². The first-order valence-electron chi connectivity index (χ1n) is 5.68. The summed E-state index contributed by atoms with van der Waals surface area (Å²) >= 11 is 0. The summed E-state index contributed by atoms with van der Waals surface area (Å²) in [4.78, 5) is 21.6. The van der Waals surface area contributed by atoms with Gasteiger partial charge in [-0.05, 0) is 18.8 Å². The molecule has 2 unspecified atom stereocenters. The third-order valence-corrected chi connectivity index (χ3v) is 2.92. The van der Waals surface area contributed by atoms with Crippen molar-refractivity contribution < 1.29 is 19.4 Å². The van der Waals surface area contributed by atoms with E-state index >= 15 is 0 Å². The average Bonchev–Trinajstić information content (AvgIpc) is 2.21. The van der Waals surface area contributed by atoms with Gasteiger partial charge < -0.3 is 15.2 Å². The minimum absolute atomic E-state index is 0.171. The molecule has 0 spiro atoms. The van der Waals surface area contributed by atoms with E-state index in [9.17, 15) is 9.59 Å². The highest BCUT2D eigenvalue weighted by Crippen LogP contribution is 2.23. The molecule has 1 fully saturated rings. The van der Waals surface area contributed by atoms with Crippen molar-refractivity contribution in [3.63, 3.8) is 0 Å². The minimum Gasteiger partial charge on any atom is -0.480 e. The first-order valence-corrected chi connectivity index (χ1v) is 5.68. The van der Waals surface area contributed by atoms with Crippen LogP contribution in [-0.2, 0) is 14.3 Å². The lowest BCUT2D eigenvalue weighted by molar-refractivity contribution is -0.143. The maximum atomic E-state index is 11.4. The Morgan fingerprint density at radius 2 is 2.00 bits per heavy atom. The maximum absolute atomic E-state index is 11.4. The van der Waals surface area contributed by atoms with E-state index in [1.165, 1.54) is 6.42 Å². The Morgan fingerprint density at radius 1 is 1.31 bits per heavy atom. The van der Waals surface area contributed by atoms with Gasteiger partial charge in [-0.1, -0.05) is 19.8 Å². The molecule has 5 nitrogen and oxygen atoms in total. The van der Waals surface area contributed by atoms with Crippen molar-refractivity contribution in [2.75, 3.05) is 13.2 Å². The largest absolute Gasteiger partial charge is 0.480 e. The zero-order valence-corrected chi connectivity index (χ0v) is 9.57. The number of carbonyl (C=O) groups is 2. The SMILES string of the molecule is CC1CCCCC1NC(=O)COCC(=O)O. The molecule has 2 atom stereocenters. The number of nitrogens with one attached hydrogen (secondary N) is 1. The van der Waals surface area contributed by atoms with E-state index in [1.807, 2.05) is 0 Å². The Morgan fingerprint density at radius 3 is 2.62 bits per heavy atom. The molecule has 0 bridgehead atoms. The third-order valence-electron chi connectivity index (χ3n) is 2.92. The molecule has 0 aromatic heterocycles. The summed E-state index contributed by atoms with van der Waals surface area (Å²) in [7, 11) is 0. The van der Waals surface area contributed by atoms with Gasteiger partial charge in [0.25, 0.3) is 0 Å². The number of ether oxygens (including phenoxy) is 1. The van der Waals surface area contributed by atoms with E-state index in [1.54, 1.807) is 0 Å². The standard InChI is InChI=1S/C11H19NO4/c1-8-4-2-3-5-9(8)12-10(13)6-16-7-11(14)15/h8-9H,2-7H2,1H3,(H,12,13)(H,14,15). The fourth-order valence-electron chi connectivity index (χ4n) is 2.01. The Balaban J connectivity index is 2.19. The van der Waals surface area contributed by atoms with Crippen molar-refractivity contribution in [3.8, 4) is 0 Å². The highest BCUT2D eigenvalue weighted by molar-refractivity contribution is 5.78. The molecular weight excluding hydrogens is 210 g/mol. The van der Waals surface area contributed by atoms with Crippen LogP contribution in [0.2, 0.25) is 0 Å². The number of hydrogen-bond acceptors (Lipinski definition) is 3. The van der Waals surface area contributed by atoms with Crippen LogP contribution in [0.15, 0.2) is 0 Å². The predicted molar refractivity (Wildman–Crippen MR) is 58.0 cm³/mol. The van der Waals surface area contributed by atoms with E-state index in [2.05, 4.69) is 12.2 Å². The van der Waals surface area contributed by atoms with Gasteiger partial charge in [-0.3, -0.25) is 4.79 Å². The van der Waals surface area contributed by atoms with Crippen LogP contribution in [-0.4, -0.2) is 36.2 Å². The average molecular weight is 229 g/mol. The fraction of sp³-hybridized carbons (Fsp3) is 0.818. The Labute approximate surface area is 95.2 Å². The summed E-state index contributed by atoms with van der Waals surface area (Å²) in [6.45, 7) is 1.53. The van der Waals surface area contributed by atoms with E-state index in [4.69, 9.17) is 9.84 Å². The second-order valence-corrected chi connectivity index (χ2v) is 4.32. The highest BCUT2D eigenvalue weighted by Gasteiger charge is 2.22. The molecule has 0 radical (unpaired) electrons. The van der Waals surface area contributed by atoms with Crippen molar-refractivity contribution in [1.29, 1.82) is 0 Å². The van der Waals surface area contributed by atoms with Crippen LogP contribution in [0.4, 0.5) is 0 Å². The van der Waals surface area contributed by atoms with Crippen LogP contribution >= 0.6 is 0 Å². The fourth-order valence-corrected chi connectivity index (χ4v) is 2.01. The Bertz CT molecular complexity index is 254. The van der Waals surface area contributed by atoms with Crippen LogP contribution in [0.3, 0.4) is 0 Å². The van der Waals surface area contributed by atoms with Crippen molar-refractivity contribution >= 4 is 11.9 Å². The molecule has 1 rings (SSSR count). The van der Waals surface area contributed by atoms with Gasteiger partial charge in [-0.15, -0.1) is 0 Å². The summed E-state index contributed by atoms with van der Waals surface area (Å²) in [6.07, 6.45) is 4.51. The number of hydrogen-bond donors (Lipinski definition) is 2. The summed E-state index contributed by atoms with van der Waals surface area (Å²) < 4.78 is 4.72. The first-order chi connectivity index (χ1) is 7.59. The van der Waals surface area contributed by atoms with Crippen LogP contribution in [0.1, 0.15) is 32.6 Å². The van der Waals surface area contributed by atoms with E-state index in [0.29, 0.717) is 5.92 Å². The van der Waals surface area contributed by atoms with Crippen molar-refractivity contribution in [1.82, 2.24) is 5.32 Å². The van der Waals surface area contributed by atoms with Gasteiger partial charge in [-0.25, -0.2) is 4.79 Å². The maximum Gasteiger partial charge on any atom is 0.329 e. The molecule has 0 heterocycles. The lowest BCUT2D eigenvalue weighted by atomic mass is 9.86. The molecule has 0 aromatic carbocycles. The van der Waals surface area contributed by atoms with Crippen LogP contribution < -0.4 is 5.32 Å². The summed E-state index contributed by atoms with van der Waals surface area (Å²) in [5, 5.41) is 11.2. The molecule has 0 aliphatic heterocycles. The topological polar surface area (TPSA) is 75.6 Å². The van der Waals surface area contributed by atoms with Crippen molar-refractivity contribution in [2.45, 2.75) is 38.6 Å². The van der Waals surface area contributed by atoms with Crippen molar-refractivity contribution in [3.05, 3.63) is 0 Å². The molecule has 0 aromatic rings. The number of carboxylic acid groups (broad SMARTS) is 1. The van der Waals surface area contributed by atoms with Gasteiger partial charge >= 0.3 is 5.97 Å². The van der Waals surface area contributed by atoms with Gasteiger partial charge in [-0.2, -0.15) is 0 Å². The number of carbonyl (C=O) groups excluding carboxylic acids is 1.